The minimum atomic E-state index is 0. The van der Waals surface area contributed by atoms with Crippen molar-refractivity contribution in [1.82, 2.24) is 15.3 Å². The van der Waals surface area contributed by atoms with E-state index in [2.05, 4.69) is 15.3 Å². The first-order chi connectivity index (χ1) is 9.15. The minimum Gasteiger partial charge on any atom is -0.356 e. The number of imidazole rings is 1. The fraction of sp³-hybridized carbons (Fsp3) is 0.429. The Morgan fingerprint density at radius 2 is 2.10 bits per heavy atom. The number of nitrogens with zero attached hydrogens (tertiary/aromatic N) is 1. The molecule has 21 heavy (non-hydrogen) atoms. The summed E-state index contributed by atoms with van der Waals surface area (Å²) < 4.78 is 0. The quantitative estimate of drug-likeness (QED) is 0.758. The van der Waals surface area contributed by atoms with Crippen LogP contribution >= 0.6 is 24.8 Å². The summed E-state index contributed by atoms with van der Waals surface area (Å²) in [7, 11) is 0. The summed E-state index contributed by atoms with van der Waals surface area (Å²) in [5, 5.41) is 2.88. The molecule has 0 aliphatic carbocycles. The third-order valence-corrected chi connectivity index (χ3v) is 2.95. The van der Waals surface area contributed by atoms with Crippen LogP contribution < -0.4 is 11.1 Å². The molecule has 0 aliphatic rings. The van der Waals surface area contributed by atoms with E-state index in [-0.39, 0.29) is 36.8 Å². The van der Waals surface area contributed by atoms with Crippen LogP contribution in [0.5, 0.6) is 0 Å². The maximum Gasteiger partial charge on any atom is 0.220 e. The van der Waals surface area contributed by atoms with Crippen LogP contribution in [0.2, 0.25) is 0 Å². The van der Waals surface area contributed by atoms with Gasteiger partial charge in [-0.1, -0.05) is 12.1 Å². The second-order valence-electron chi connectivity index (χ2n) is 4.82. The molecular formula is C14H22Cl2N4O. The first-order valence-electron chi connectivity index (χ1n) is 6.61. The van der Waals surface area contributed by atoms with Crippen LogP contribution in [0.15, 0.2) is 24.3 Å². The molecule has 0 fully saturated rings. The molecule has 1 aromatic heterocycles. The first-order valence-corrected chi connectivity index (χ1v) is 6.61. The lowest BCUT2D eigenvalue weighted by Gasteiger charge is -2.05. The molecular weight excluding hydrogens is 311 g/mol. The van der Waals surface area contributed by atoms with Crippen LogP contribution in [0.25, 0.3) is 11.0 Å². The number of para-hydroxylation sites is 2. The molecule has 118 valence electrons. The molecule has 1 amide bonds. The smallest absolute Gasteiger partial charge is 0.220 e. The Labute approximate surface area is 136 Å². The van der Waals surface area contributed by atoms with Gasteiger partial charge < -0.3 is 16.0 Å². The summed E-state index contributed by atoms with van der Waals surface area (Å²) in [5.74, 6) is 0.946. The molecule has 5 nitrogen and oxygen atoms in total. The average molecular weight is 333 g/mol. The van der Waals surface area contributed by atoms with Crippen molar-refractivity contribution >= 4 is 41.8 Å². The molecule has 1 aromatic carbocycles. The van der Waals surface area contributed by atoms with E-state index >= 15 is 0 Å². The third kappa shape index (κ3) is 6.33. The predicted molar refractivity (Wildman–Crippen MR) is 90.2 cm³/mol. The van der Waals surface area contributed by atoms with E-state index in [0.29, 0.717) is 19.4 Å². The second-order valence-corrected chi connectivity index (χ2v) is 4.82. The van der Waals surface area contributed by atoms with Crippen LogP contribution in [-0.4, -0.2) is 28.5 Å². The van der Waals surface area contributed by atoms with Crippen molar-refractivity contribution in [2.24, 2.45) is 5.73 Å². The number of fused-ring (bicyclic) bond motifs is 1. The van der Waals surface area contributed by atoms with Gasteiger partial charge >= 0.3 is 0 Å². The number of hydrogen-bond acceptors (Lipinski definition) is 3. The van der Waals surface area contributed by atoms with Gasteiger partial charge in [-0.2, -0.15) is 0 Å². The van der Waals surface area contributed by atoms with E-state index in [9.17, 15) is 4.79 Å². The Morgan fingerprint density at radius 1 is 1.38 bits per heavy atom. The zero-order valence-corrected chi connectivity index (χ0v) is 13.6. The molecule has 0 saturated heterocycles. The highest BCUT2D eigenvalue weighted by Crippen LogP contribution is 2.10. The standard InChI is InChI=1S/C14H20N4O.2ClH/c1-10(15)6-7-14(19)16-9-8-13-17-11-4-2-3-5-12(11)18-13;;/h2-5,10H,6-9,15H2,1H3,(H,16,19)(H,17,18);2*1H. The molecule has 0 saturated carbocycles. The van der Waals surface area contributed by atoms with Gasteiger partial charge in [0.2, 0.25) is 5.91 Å². The summed E-state index contributed by atoms with van der Waals surface area (Å²) in [4.78, 5) is 19.2. The lowest BCUT2D eigenvalue weighted by molar-refractivity contribution is -0.121. The molecule has 0 bridgehead atoms. The molecule has 0 aliphatic heterocycles. The number of hydrogen-bond donors (Lipinski definition) is 3. The summed E-state index contributed by atoms with van der Waals surface area (Å²) in [6.45, 7) is 2.50. The number of benzene rings is 1. The van der Waals surface area contributed by atoms with Crippen molar-refractivity contribution in [3.63, 3.8) is 0 Å². The van der Waals surface area contributed by atoms with Gasteiger partial charge in [0, 0.05) is 25.4 Å². The number of rotatable bonds is 6. The van der Waals surface area contributed by atoms with E-state index in [1.54, 1.807) is 0 Å². The average Bonchev–Trinajstić information content (AvgIpc) is 2.79. The van der Waals surface area contributed by atoms with Crippen molar-refractivity contribution < 1.29 is 4.79 Å². The van der Waals surface area contributed by atoms with Gasteiger partial charge in [0.15, 0.2) is 0 Å². The van der Waals surface area contributed by atoms with E-state index < -0.39 is 0 Å². The van der Waals surface area contributed by atoms with Gasteiger partial charge in [-0.3, -0.25) is 4.79 Å². The second kappa shape index (κ2) is 9.60. The van der Waals surface area contributed by atoms with E-state index in [0.717, 1.165) is 23.3 Å². The minimum absolute atomic E-state index is 0. The van der Waals surface area contributed by atoms with Gasteiger partial charge in [-0.05, 0) is 25.5 Å². The Kier molecular flexibility index (Phi) is 9.01. The Hall–Kier alpha value is -1.30. The predicted octanol–water partition coefficient (Wildman–Crippen LogP) is 2.19. The van der Waals surface area contributed by atoms with Crippen LogP contribution in [0.4, 0.5) is 0 Å². The molecule has 1 atom stereocenters. The van der Waals surface area contributed by atoms with Gasteiger partial charge in [0.1, 0.15) is 5.82 Å². The van der Waals surface area contributed by atoms with E-state index in [1.807, 2.05) is 31.2 Å². The normalized spacial score (nSPS) is 11.3. The molecule has 1 unspecified atom stereocenters. The number of halogens is 2. The number of carbonyl (C=O) groups excluding carboxylic acids is 1. The van der Waals surface area contributed by atoms with Crippen LogP contribution in [0.1, 0.15) is 25.6 Å². The van der Waals surface area contributed by atoms with Crippen molar-refractivity contribution in [1.29, 1.82) is 0 Å². The topological polar surface area (TPSA) is 83.8 Å². The molecule has 0 spiro atoms. The van der Waals surface area contributed by atoms with Crippen molar-refractivity contribution in [2.75, 3.05) is 6.54 Å². The monoisotopic (exact) mass is 332 g/mol. The Bertz CT molecular complexity index is 524. The highest BCUT2D eigenvalue weighted by Gasteiger charge is 2.05. The van der Waals surface area contributed by atoms with Gasteiger partial charge in [0.05, 0.1) is 11.0 Å². The van der Waals surface area contributed by atoms with Gasteiger partial charge in [0.25, 0.3) is 0 Å². The largest absolute Gasteiger partial charge is 0.356 e. The summed E-state index contributed by atoms with van der Waals surface area (Å²) >= 11 is 0. The number of nitrogens with one attached hydrogen (secondary N) is 2. The van der Waals surface area contributed by atoms with E-state index in [1.165, 1.54) is 0 Å². The van der Waals surface area contributed by atoms with Crippen LogP contribution in [-0.2, 0) is 11.2 Å². The fourth-order valence-electron chi connectivity index (χ4n) is 1.89. The van der Waals surface area contributed by atoms with E-state index in [4.69, 9.17) is 5.73 Å². The molecule has 2 rings (SSSR count). The SMILES string of the molecule is CC(N)CCC(=O)NCCc1nc2ccccc2[nH]1.Cl.Cl. The zero-order chi connectivity index (χ0) is 13.7. The number of aromatic nitrogens is 2. The molecule has 7 heteroatoms. The molecule has 1 heterocycles. The molecule has 2 aromatic rings. The first kappa shape index (κ1) is 19.7. The number of H-pyrrole nitrogens is 1. The number of carbonyl (C=O) groups is 1. The lowest BCUT2D eigenvalue weighted by Crippen LogP contribution is -2.27. The lowest BCUT2D eigenvalue weighted by atomic mass is 10.2. The highest BCUT2D eigenvalue weighted by atomic mass is 35.5. The number of amides is 1. The van der Waals surface area contributed by atoms with Crippen molar-refractivity contribution in [3.8, 4) is 0 Å². The van der Waals surface area contributed by atoms with Gasteiger partial charge in [-0.15, -0.1) is 24.8 Å². The zero-order valence-electron chi connectivity index (χ0n) is 12.0. The Balaban J connectivity index is 0.00000200. The number of aromatic amines is 1. The molecule has 4 N–H and O–H groups in total. The van der Waals surface area contributed by atoms with Crippen LogP contribution in [0.3, 0.4) is 0 Å². The van der Waals surface area contributed by atoms with Crippen molar-refractivity contribution in [2.45, 2.75) is 32.2 Å². The van der Waals surface area contributed by atoms with Crippen LogP contribution in [0, 0.1) is 0 Å². The maximum atomic E-state index is 11.5. The summed E-state index contributed by atoms with van der Waals surface area (Å²) in [6.07, 6.45) is 1.91. The maximum absolute atomic E-state index is 11.5. The highest BCUT2D eigenvalue weighted by molar-refractivity contribution is 5.85. The fourth-order valence-corrected chi connectivity index (χ4v) is 1.89. The molecule has 0 radical (unpaired) electrons. The summed E-state index contributed by atoms with van der Waals surface area (Å²) in [6, 6.07) is 7.97. The van der Waals surface area contributed by atoms with Gasteiger partial charge in [-0.25, -0.2) is 4.98 Å². The summed E-state index contributed by atoms with van der Waals surface area (Å²) in [5.41, 5.74) is 7.60. The third-order valence-electron chi connectivity index (χ3n) is 2.95. The number of nitrogens with two attached hydrogens (primary N) is 1. The Morgan fingerprint density at radius 3 is 2.76 bits per heavy atom. The van der Waals surface area contributed by atoms with Crippen molar-refractivity contribution in [3.05, 3.63) is 30.1 Å².